The Morgan fingerprint density at radius 2 is 2.15 bits per heavy atom. The lowest BCUT2D eigenvalue weighted by atomic mass is 10.00. The second kappa shape index (κ2) is 7.86. The van der Waals surface area contributed by atoms with Crippen LogP contribution < -0.4 is 17.0 Å². The molecule has 0 heterocycles. The van der Waals surface area contributed by atoms with Gasteiger partial charge >= 0.3 is 0 Å². The van der Waals surface area contributed by atoms with Crippen LogP contribution in [0.3, 0.4) is 0 Å². The van der Waals surface area contributed by atoms with Gasteiger partial charge in [0.15, 0.2) is 0 Å². The Morgan fingerprint density at radius 3 is 2.62 bits per heavy atom. The molecule has 0 aromatic rings. The van der Waals surface area contributed by atoms with Crippen LogP contribution >= 0.6 is 0 Å². The van der Waals surface area contributed by atoms with E-state index in [4.69, 9.17) is 11.6 Å². The van der Waals surface area contributed by atoms with Crippen LogP contribution in [-0.4, -0.2) is 12.5 Å². The van der Waals surface area contributed by atoms with Gasteiger partial charge in [0.25, 0.3) is 0 Å². The molecule has 4 heteroatoms. The Balaban J connectivity index is 3.70. The Kier molecular flexibility index (Phi) is 7.39. The van der Waals surface area contributed by atoms with Gasteiger partial charge in [-0.15, -0.1) is 0 Å². The van der Waals surface area contributed by atoms with Crippen LogP contribution in [0, 0.1) is 5.92 Å². The number of rotatable bonds is 6. The van der Waals surface area contributed by atoms with Gasteiger partial charge in [0.1, 0.15) is 0 Å². The maximum absolute atomic E-state index is 5.42. The summed E-state index contributed by atoms with van der Waals surface area (Å²) in [6.45, 7) is 5.17. The quantitative estimate of drug-likeness (QED) is 0.250. The number of nitrogens with two attached hydrogens (primary N) is 2. The first-order valence-electron chi connectivity index (χ1n) is 5.01. The Bertz CT molecular complexity index is 145. The minimum absolute atomic E-state index is 0.329. The van der Waals surface area contributed by atoms with Gasteiger partial charge in [-0.2, -0.15) is 0 Å². The summed E-state index contributed by atoms with van der Waals surface area (Å²) in [5.74, 6) is 6.07. The summed E-state index contributed by atoms with van der Waals surface area (Å²) in [7, 11) is 0. The van der Waals surface area contributed by atoms with Gasteiger partial charge in [0.2, 0.25) is 5.96 Å². The zero-order valence-corrected chi connectivity index (χ0v) is 8.71. The van der Waals surface area contributed by atoms with E-state index in [1.807, 2.05) is 0 Å². The van der Waals surface area contributed by atoms with Crippen molar-refractivity contribution in [2.75, 3.05) is 6.54 Å². The van der Waals surface area contributed by atoms with Gasteiger partial charge in [-0.3, -0.25) is 10.4 Å². The van der Waals surface area contributed by atoms with E-state index in [9.17, 15) is 0 Å². The summed E-state index contributed by atoms with van der Waals surface area (Å²) in [4.78, 5) is 4.13. The lowest BCUT2D eigenvalue weighted by Gasteiger charge is -2.11. The number of hydrogen-bond acceptors (Lipinski definition) is 2. The van der Waals surface area contributed by atoms with E-state index in [-0.39, 0.29) is 0 Å². The lowest BCUT2D eigenvalue weighted by molar-refractivity contribution is 0.462. The van der Waals surface area contributed by atoms with Crippen LogP contribution in [0.15, 0.2) is 4.99 Å². The van der Waals surface area contributed by atoms with Crippen molar-refractivity contribution in [3.05, 3.63) is 0 Å². The van der Waals surface area contributed by atoms with E-state index in [1.54, 1.807) is 0 Å². The van der Waals surface area contributed by atoms with Crippen LogP contribution in [0.4, 0.5) is 0 Å². The number of hydrazine groups is 1. The smallest absolute Gasteiger partial charge is 0.203 e. The van der Waals surface area contributed by atoms with E-state index >= 15 is 0 Å². The highest BCUT2D eigenvalue weighted by Gasteiger charge is 2.04. The van der Waals surface area contributed by atoms with Crippen molar-refractivity contribution in [1.29, 1.82) is 0 Å². The third-order valence-corrected chi connectivity index (χ3v) is 2.21. The third-order valence-electron chi connectivity index (χ3n) is 2.21. The summed E-state index contributed by atoms with van der Waals surface area (Å²) < 4.78 is 0. The zero-order valence-electron chi connectivity index (χ0n) is 8.71. The standard InChI is InChI=1S/C9H22N4/c1-3-5-6-8(4-2)7-12-9(10)13-11/h8H,3-7,11H2,1-2H3,(H3,10,12,13). The van der Waals surface area contributed by atoms with Gasteiger partial charge in [-0.05, 0) is 12.3 Å². The SMILES string of the molecule is CCCCC(CC)CN=C(N)NN. The second-order valence-corrected chi connectivity index (χ2v) is 3.29. The molecule has 1 atom stereocenters. The second-order valence-electron chi connectivity index (χ2n) is 3.29. The number of aliphatic imine (C=N–C) groups is 1. The van der Waals surface area contributed by atoms with Gasteiger partial charge in [0, 0.05) is 6.54 Å². The van der Waals surface area contributed by atoms with Crippen LogP contribution in [0.25, 0.3) is 0 Å². The fraction of sp³-hybridized carbons (Fsp3) is 0.889. The van der Waals surface area contributed by atoms with Gasteiger partial charge < -0.3 is 5.73 Å². The molecular weight excluding hydrogens is 164 g/mol. The number of nitrogens with zero attached hydrogens (tertiary/aromatic N) is 1. The normalized spacial score (nSPS) is 14.2. The number of hydrogen-bond donors (Lipinski definition) is 3. The molecule has 5 N–H and O–H groups in total. The average molecular weight is 186 g/mol. The Hall–Kier alpha value is -0.770. The minimum atomic E-state index is 0.329. The van der Waals surface area contributed by atoms with E-state index in [0.717, 1.165) is 13.0 Å². The van der Waals surface area contributed by atoms with Gasteiger partial charge in [-0.1, -0.05) is 33.1 Å². The first-order chi connectivity index (χ1) is 6.24. The fourth-order valence-electron chi connectivity index (χ4n) is 1.19. The molecule has 0 rings (SSSR count). The topological polar surface area (TPSA) is 76.4 Å². The van der Waals surface area contributed by atoms with E-state index < -0.39 is 0 Å². The van der Waals surface area contributed by atoms with Crippen LogP contribution in [0.5, 0.6) is 0 Å². The summed E-state index contributed by atoms with van der Waals surface area (Å²) in [5, 5.41) is 0. The number of unbranched alkanes of at least 4 members (excludes halogenated alkanes) is 1. The predicted molar refractivity (Wildman–Crippen MR) is 57.1 cm³/mol. The average Bonchev–Trinajstić information content (AvgIpc) is 2.17. The van der Waals surface area contributed by atoms with E-state index in [0.29, 0.717) is 11.9 Å². The molecule has 0 saturated carbocycles. The summed E-state index contributed by atoms with van der Waals surface area (Å²) in [5.41, 5.74) is 7.75. The van der Waals surface area contributed by atoms with Crippen molar-refractivity contribution in [2.45, 2.75) is 39.5 Å². The van der Waals surface area contributed by atoms with Crippen molar-refractivity contribution in [2.24, 2.45) is 22.5 Å². The largest absolute Gasteiger partial charge is 0.369 e. The molecule has 0 bridgehead atoms. The van der Waals surface area contributed by atoms with Crippen molar-refractivity contribution < 1.29 is 0 Å². The summed E-state index contributed by atoms with van der Waals surface area (Å²) >= 11 is 0. The molecule has 0 aromatic carbocycles. The molecule has 1 unspecified atom stereocenters. The Labute approximate surface area is 80.8 Å². The molecule has 0 spiro atoms. The molecule has 0 saturated heterocycles. The molecule has 0 amide bonds. The van der Waals surface area contributed by atoms with Gasteiger partial charge in [-0.25, -0.2) is 5.84 Å². The number of nitrogens with one attached hydrogen (secondary N) is 1. The third kappa shape index (κ3) is 6.40. The summed E-state index contributed by atoms with van der Waals surface area (Å²) in [6.07, 6.45) is 4.89. The highest BCUT2D eigenvalue weighted by atomic mass is 15.3. The maximum atomic E-state index is 5.42. The predicted octanol–water partition coefficient (Wildman–Crippen LogP) is 0.981. The van der Waals surface area contributed by atoms with E-state index in [1.165, 1.54) is 19.3 Å². The highest BCUT2D eigenvalue weighted by molar-refractivity contribution is 5.77. The van der Waals surface area contributed by atoms with Gasteiger partial charge in [0.05, 0.1) is 0 Å². The van der Waals surface area contributed by atoms with Crippen molar-refractivity contribution in [1.82, 2.24) is 5.43 Å². The lowest BCUT2D eigenvalue weighted by Crippen LogP contribution is -2.37. The zero-order chi connectivity index (χ0) is 10.1. The highest BCUT2D eigenvalue weighted by Crippen LogP contribution is 2.12. The molecule has 0 aliphatic carbocycles. The Morgan fingerprint density at radius 1 is 1.46 bits per heavy atom. The molecular formula is C9H22N4. The molecule has 4 nitrogen and oxygen atoms in total. The first kappa shape index (κ1) is 12.2. The fourth-order valence-corrected chi connectivity index (χ4v) is 1.19. The van der Waals surface area contributed by atoms with Crippen LogP contribution in [0.2, 0.25) is 0 Å². The monoisotopic (exact) mass is 186 g/mol. The molecule has 78 valence electrons. The van der Waals surface area contributed by atoms with Crippen molar-refractivity contribution >= 4 is 5.96 Å². The molecule has 0 aromatic heterocycles. The van der Waals surface area contributed by atoms with Crippen molar-refractivity contribution in [3.8, 4) is 0 Å². The molecule has 0 aliphatic rings. The van der Waals surface area contributed by atoms with Crippen molar-refractivity contribution in [3.63, 3.8) is 0 Å². The molecule has 0 fully saturated rings. The van der Waals surface area contributed by atoms with Crippen LogP contribution in [0.1, 0.15) is 39.5 Å². The molecule has 13 heavy (non-hydrogen) atoms. The van der Waals surface area contributed by atoms with E-state index in [2.05, 4.69) is 24.3 Å². The van der Waals surface area contributed by atoms with Crippen LogP contribution in [-0.2, 0) is 0 Å². The molecule has 0 aliphatic heterocycles. The summed E-state index contributed by atoms with van der Waals surface area (Å²) in [6, 6.07) is 0. The number of guanidine groups is 1. The maximum Gasteiger partial charge on any atom is 0.203 e. The minimum Gasteiger partial charge on any atom is -0.369 e. The first-order valence-corrected chi connectivity index (χ1v) is 5.01. The molecule has 0 radical (unpaired) electrons.